The molecule has 8 heavy (non-hydrogen) atoms. The molecule has 40 valence electrons. The molecule has 0 aliphatic carbocycles. The van der Waals surface area contributed by atoms with E-state index in [2.05, 4.69) is 44.7 Å². The van der Waals surface area contributed by atoms with E-state index in [1.807, 2.05) is 0 Å². The van der Waals surface area contributed by atoms with Gasteiger partial charge in [0.25, 0.3) is 0 Å². The summed E-state index contributed by atoms with van der Waals surface area (Å²) >= 11 is 8.49. The smallest absolute Gasteiger partial charge is 0.0635 e. The third-order valence-corrected chi connectivity index (χ3v) is 0.532. The van der Waals surface area contributed by atoms with Crippen molar-refractivity contribution >= 4 is 34.8 Å². The summed E-state index contributed by atoms with van der Waals surface area (Å²) in [6, 6.07) is 0. The maximum atomic E-state index is 4.25. The predicted octanol–water partition coefficient (Wildman–Crippen LogP) is 1.66. The summed E-state index contributed by atoms with van der Waals surface area (Å²) in [5.74, 6) is 0. The van der Waals surface area contributed by atoms with Crippen LogP contribution in [0.1, 0.15) is 0 Å². The van der Waals surface area contributed by atoms with Gasteiger partial charge in [0.2, 0.25) is 0 Å². The summed E-state index contributed by atoms with van der Waals surface area (Å²) in [5, 5.41) is 4.25. The lowest BCUT2D eigenvalue weighted by molar-refractivity contribution is 1.51. The summed E-state index contributed by atoms with van der Waals surface area (Å²) in [5.41, 5.74) is 0. The lowest BCUT2D eigenvalue weighted by atomic mass is 10.9. The second-order valence-electron chi connectivity index (χ2n) is 0.739. The molecule has 0 unspecified atom stereocenters. The molecule has 0 rings (SSSR count). The van der Waals surface area contributed by atoms with Crippen LogP contribution in [0, 0.1) is 0 Å². The Morgan fingerprint density at radius 3 is 1.62 bits per heavy atom. The molecule has 4 heteroatoms. The summed E-state index contributed by atoms with van der Waals surface area (Å²) in [6.45, 7) is 0. The molecule has 0 N–H and O–H groups in total. The van der Waals surface area contributed by atoms with E-state index < -0.39 is 0 Å². The largest absolute Gasteiger partial charge is 0.201 e. The molecule has 0 atom stereocenters. The minimum atomic E-state index is 1.38. The minimum absolute atomic E-state index is 1.38. The van der Waals surface area contributed by atoms with E-state index in [9.17, 15) is 0 Å². The van der Waals surface area contributed by atoms with Crippen LogP contribution in [0.2, 0.25) is 0 Å². The van der Waals surface area contributed by atoms with Gasteiger partial charge in [-0.15, -0.1) is 0 Å². The number of nitrogens with zero attached hydrogens (tertiary/aromatic N) is 2. The van der Waals surface area contributed by atoms with Gasteiger partial charge in [0.05, 0.1) is 22.7 Å². The van der Waals surface area contributed by atoms with Crippen LogP contribution in [0.3, 0.4) is 0 Å². The Kier molecular flexibility index (Phi) is 5.82. The molecule has 0 radical (unpaired) electrons. The highest BCUT2D eigenvalue weighted by atomic mass is 32.1. The first kappa shape index (κ1) is 7.34. The molecule has 0 heterocycles. The normalized spacial score (nSPS) is 7.50. The van der Waals surface area contributed by atoms with Crippen molar-refractivity contribution in [3.63, 3.8) is 0 Å². The first-order chi connectivity index (χ1) is 3.91. The van der Waals surface area contributed by atoms with Gasteiger partial charge in [-0.25, -0.2) is 9.98 Å². The Hall–Kier alpha value is -0.660. The number of aliphatic imine (C=N–C) groups is 2. The zero-order valence-electron chi connectivity index (χ0n) is 3.87. The molecule has 0 aromatic heterocycles. The molecule has 0 aliphatic rings. The third kappa shape index (κ3) is 5.34. The first-order valence-corrected chi connectivity index (χ1v) is 2.52. The average molecular weight is 142 g/mol. The topological polar surface area (TPSA) is 24.7 Å². The van der Waals surface area contributed by atoms with Crippen molar-refractivity contribution < 1.29 is 0 Å². The van der Waals surface area contributed by atoms with Gasteiger partial charge < -0.3 is 0 Å². The third-order valence-electron chi connectivity index (χ3n) is 0.321. The van der Waals surface area contributed by atoms with Crippen molar-refractivity contribution in [1.29, 1.82) is 0 Å². The number of rotatable bonds is 2. The van der Waals surface area contributed by atoms with E-state index in [1.54, 1.807) is 0 Å². The first-order valence-electron chi connectivity index (χ1n) is 1.71. The van der Waals surface area contributed by atoms with Gasteiger partial charge in [0, 0.05) is 0 Å². The molecular formula is C4H2N2S2. The van der Waals surface area contributed by atoms with Crippen molar-refractivity contribution in [2.24, 2.45) is 9.98 Å². The fraction of sp³-hybridized carbons (Fsp3) is 0. The Balaban J connectivity index is 3.66. The predicted molar refractivity (Wildman–Crippen MR) is 39.2 cm³/mol. The molecule has 0 aromatic carbocycles. The second-order valence-corrected chi connectivity index (χ2v) is 1.10. The highest BCUT2D eigenvalue weighted by molar-refractivity contribution is 7.78. The highest BCUT2D eigenvalue weighted by Gasteiger charge is 1.54. The Labute approximate surface area is 57.7 Å². The zero-order valence-corrected chi connectivity index (χ0v) is 5.50. The maximum Gasteiger partial charge on any atom is 0.0635 e. The van der Waals surface area contributed by atoms with Crippen LogP contribution in [0.15, 0.2) is 22.4 Å². The standard InChI is InChI=1S/C4H2N2S2/c7-3-5-1-2-6-4-8/h1-2H/b2-1+. The fourth-order valence-corrected chi connectivity index (χ4v) is 0.249. The Morgan fingerprint density at radius 2 is 1.38 bits per heavy atom. The van der Waals surface area contributed by atoms with Gasteiger partial charge >= 0.3 is 0 Å². The molecule has 0 aromatic rings. The maximum absolute atomic E-state index is 4.25. The van der Waals surface area contributed by atoms with Gasteiger partial charge in [-0.1, -0.05) is 0 Å². The van der Waals surface area contributed by atoms with Crippen LogP contribution in [0.5, 0.6) is 0 Å². The van der Waals surface area contributed by atoms with Gasteiger partial charge in [0.15, 0.2) is 0 Å². The van der Waals surface area contributed by atoms with E-state index in [0.717, 1.165) is 0 Å². The molecule has 0 bridgehead atoms. The second kappa shape index (κ2) is 6.34. The summed E-state index contributed by atoms with van der Waals surface area (Å²) < 4.78 is 0. The van der Waals surface area contributed by atoms with Crippen molar-refractivity contribution in [2.45, 2.75) is 0 Å². The zero-order chi connectivity index (χ0) is 6.24. The van der Waals surface area contributed by atoms with E-state index in [-0.39, 0.29) is 0 Å². The van der Waals surface area contributed by atoms with Crippen molar-refractivity contribution in [3.05, 3.63) is 12.4 Å². The van der Waals surface area contributed by atoms with E-state index in [4.69, 9.17) is 0 Å². The quantitative estimate of drug-likeness (QED) is 0.432. The molecule has 0 amide bonds. The van der Waals surface area contributed by atoms with E-state index in [0.29, 0.717) is 0 Å². The Morgan fingerprint density at radius 1 is 1.00 bits per heavy atom. The average Bonchev–Trinajstić information content (AvgIpc) is 1.81. The van der Waals surface area contributed by atoms with Crippen molar-refractivity contribution in [2.75, 3.05) is 0 Å². The Bertz CT molecular complexity index is 152. The summed E-state index contributed by atoms with van der Waals surface area (Å²) in [4.78, 5) is 6.83. The molecular weight excluding hydrogens is 140 g/mol. The number of hydrogen-bond acceptors (Lipinski definition) is 4. The summed E-state index contributed by atoms with van der Waals surface area (Å²) in [7, 11) is 0. The number of thiocarbonyl (C=S) groups is 2. The number of hydrogen-bond donors (Lipinski definition) is 0. The van der Waals surface area contributed by atoms with Crippen molar-refractivity contribution in [3.8, 4) is 0 Å². The fourth-order valence-electron chi connectivity index (χ4n) is 0.128. The van der Waals surface area contributed by atoms with Crippen LogP contribution >= 0.6 is 24.4 Å². The monoisotopic (exact) mass is 142 g/mol. The molecule has 0 saturated carbocycles. The van der Waals surface area contributed by atoms with Gasteiger partial charge in [-0.3, -0.25) is 0 Å². The molecule has 0 fully saturated rings. The van der Waals surface area contributed by atoms with Crippen molar-refractivity contribution in [1.82, 2.24) is 0 Å². The van der Waals surface area contributed by atoms with E-state index in [1.165, 1.54) is 12.4 Å². The van der Waals surface area contributed by atoms with Gasteiger partial charge in [-0.05, 0) is 24.4 Å². The lowest BCUT2D eigenvalue weighted by Gasteiger charge is -1.61. The summed E-state index contributed by atoms with van der Waals surface area (Å²) in [6.07, 6.45) is 2.76. The van der Waals surface area contributed by atoms with Gasteiger partial charge in [0.1, 0.15) is 0 Å². The van der Waals surface area contributed by atoms with Crippen LogP contribution in [-0.2, 0) is 0 Å². The molecule has 0 spiro atoms. The lowest BCUT2D eigenvalue weighted by Crippen LogP contribution is -1.45. The van der Waals surface area contributed by atoms with Crippen LogP contribution in [0.25, 0.3) is 0 Å². The SMILES string of the molecule is S=C=N/C=C/N=C=S. The van der Waals surface area contributed by atoms with Crippen LogP contribution in [-0.4, -0.2) is 10.3 Å². The minimum Gasteiger partial charge on any atom is -0.201 e. The van der Waals surface area contributed by atoms with E-state index >= 15 is 0 Å². The van der Waals surface area contributed by atoms with Crippen LogP contribution < -0.4 is 0 Å². The number of isothiocyanates is 2. The molecule has 0 saturated heterocycles. The van der Waals surface area contributed by atoms with Crippen LogP contribution in [0.4, 0.5) is 0 Å². The molecule has 2 nitrogen and oxygen atoms in total. The highest BCUT2D eigenvalue weighted by Crippen LogP contribution is 1.71. The van der Waals surface area contributed by atoms with Gasteiger partial charge in [-0.2, -0.15) is 0 Å². The molecule has 0 aliphatic heterocycles.